The number of hydrogen-bond acceptors (Lipinski definition) is 6. The Hall–Kier alpha value is -3.15. The lowest BCUT2D eigenvalue weighted by Gasteiger charge is -2.06. The van der Waals surface area contributed by atoms with Crippen molar-refractivity contribution in [3.63, 3.8) is 0 Å². The van der Waals surface area contributed by atoms with Gasteiger partial charge in [-0.15, -0.1) is 0 Å². The highest BCUT2D eigenvalue weighted by atomic mass is 16.4. The lowest BCUT2D eigenvalue weighted by Crippen LogP contribution is -2.04. The Morgan fingerprint density at radius 2 is 1.57 bits per heavy atom. The summed E-state index contributed by atoms with van der Waals surface area (Å²) in [5.41, 5.74) is 0.0212. The molecule has 0 atom stereocenters. The molecule has 6 nitrogen and oxygen atoms in total. The van der Waals surface area contributed by atoms with Gasteiger partial charge in [-0.3, -0.25) is 4.79 Å². The quantitative estimate of drug-likeness (QED) is 0.511. The number of phenols is 4. The fourth-order valence-electron chi connectivity index (χ4n) is 2.07. The van der Waals surface area contributed by atoms with Crippen molar-refractivity contribution < 1.29 is 24.8 Å². The SMILES string of the molecule is O=c1c(-c2ccc(O)cc2)coc2c(O)c(O)c(O)cc12. The Labute approximate surface area is 117 Å². The van der Waals surface area contributed by atoms with Crippen LogP contribution in [0.4, 0.5) is 0 Å². The molecule has 0 aliphatic heterocycles. The summed E-state index contributed by atoms with van der Waals surface area (Å²) in [4.78, 5) is 12.4. The second kappa shape index (κ2) is 4.45. The van der Waals surface area contributed by atoms with Crippen molar-refractivity contribution in [1.29, 1.82) is 0 Å². The van der Waals surface area contributed by atoms with Crippen LogP contribution in [0.5, 0.6) is 23.0 Å². The van der Waals surface area contributed by atoms with E-state index in [1.54, 1.807) is 0 Å². The smallest absolute Gasteiger partial charge is 0.205 e. The minimum atomic E-state index is -0.747. The Balaban J connectivity index is 2.33. The van der Waals surface area contributed by atoms with Gasteiger partial charge in [-0.25, -0.2) is 0 Å². The van der Waals surface area contributed by atoms with E-state index in [0.717, 1.165) is 12.3 Å². The fourth-order valence-corrected chi connectivity index (χ4v) is 2.07. The first-order valence-corrected chi connectivity index (χ1v) is 5.98. The highest BCUT2D eigenvalue weighted by molar-refractivity contribution is 5.89. The highest BCUT2D eigenvalue weighted by Crippen LogP contribution is 2.40. The minimum absolute atomic E-state index is 0.0594. The average Bonchev–Trinajstić information content (AvgIpc) is 2.47. The fraction of sp³-hybridized carbons (Fsp3) is 0. The molecular weight excluding hydrogens is 276 g/mol. The van der Waals surface area contributed by atoms with Crippen LogP contribution >= 0.6 is 0 Å². The summed E-state index contributed by atoms with van der Waals surface area (Å²) in [5.74, 6) is -2.00. The Morgan fingerprint density at radius 1 is 0.905 bits per heavy atom. The van der Waals surface area contributed by atoms with Gasteiger partial charge >= 0.3 is 0 Å². The molecule has 0 saturated carbocycles. The third-order valence-corrected chi connectivity index (χ3v) is 3.17. The number of phenolic OH excluding ortho intramolecular Hbond substituents is 4. The van der Waals surface area contributed by atoms with Gasteiger partial charge in [0, 0.05) is 0 Å². The molecule has 0 saturated heterocycles. The largest absolute Gasteiger partial charge is 0.508 e. The molecule has 0 amide bonds. The summed E-state index contributed by atoms with van der Waals surface area (Å²) in [5, 5.41) is 37.8. The van der Waals surface area contributed by atoms with Crippen LogP contribution in [0.3, 0.4) is 0 Å². The third-order valence-electron chi connectivity index (χ3n) is 3.17. The van der Waals surface area contributed by atoms with E-state index in [2.05, 4.69) is 0 Å². The minimum Gasteiger partial charge on any atom is -0.508 e. The number of aromatic hydroxyl groups is 4. The van der Waals surface area contributed by atoms with Crippen molar-refractivity contribution in [3.8, 4) is 34.1 Å². The molecule has 0 fully saturated rings. The van der Waals surface area contributed by atoms with Crippen LogP contribution in [0.2, 0.25) is 0 Å². The molecule has 0 aliphatic carbocycles. The zero-order chi connectivity index (χ0) is 15.1. The first-order chi connectivity index (χ1) is 9.99. The maximum absolute atomic E-state index is 12.4. The zero-order valence-electron chi connectivity index (χ0n) is 10.6. The molecule has 0 aliphatic rings. The van der Waals surface area contributed by atoms with Crippen LogP contribution in [0, 0.1) is 0 Å². The molecule has 4 N–H and O–H groups in total. The number of hydrogen-bond donors (Lipinski definition) is 4. The summed E-state index contributed by atoms with van der Waals surface area (Å²) in [6, 6.07) is 6.94. The van der Waals surface area contributed by atoms with Gasteiger partial charge in [0.2, 0.25) is 16.9 Å². The second-order valence-electron chi connectivity index (χ2n) is 4.49. The van der Waals surface area contributed by atoms with E-state index in [0.29, 0.717) is 5.56 Å². The van der Waals surface area contributed by atoms with E-state index < -0.39 is 22.7 Å². The summed E-state index contributed by atoms with van der Waals surface area (Å²) in [7, 11) is 0. The summed E-state index contributed by atoms with van der Waals surface area (Å²) in [6.07, 6.45) is 1.15. The predicted octanol–water partition coefficient (Wildman–Crippen LogP) is 2.28. The van der Waals surface area contributed by atoms with E-state index in [1.165, 1.54) is 24.3 Å². The Kier molecular flexibility index (Phi) is 2.72. The van der Waals surface area contributed by atoms with Gasteiger partial charge in [0.1, 0.15) is 12.0 Å². The van der Waals surface area contributed by atoms with E-state index in [1.807, 2.05) is 0 Å². The predicted molar refractivity (Wildman–Crippen MR) is 74.6 cm³/mol. The third kappa shape index (κ3) is 1.93. The summed E-state index contributed by atoms with van der Waals surface area (Å²) < 4.78 is 5.19. The number of rotatable bonds is 1. The lowest BCUT2D eigenvalue weighted by molar-refractivity contribution is 0.366. The standard InChI is InChI=1S/C15H10O6/c16-8-3-1-7(2-4-8)10-6-21-15-9(12(10)18)5-11(17)13(19)14(15)20/h1-6,16-17,19-20H. The van der Waals surface area contributed by atoms with E-state index in [-0.39, 0.29) is 22.3 Å². The molecule has 1 heterocycles. The zero-order valence-corrected chi connectivity index (χ0v) is 10.6. The molecule has 6 heteroatoms. The first-order valence-electron chi connectivity index (χ1n) is 5.98. The molecule has 0 spiro atoms. The average molecular weight is 286 g/mol. The second-order valence-corrected chi connectivity index (χ2v) is 4.49. The molecule has 3 aromatic rings. The van der Waals surface area contributed by atoms with E-state index in [4.69, 9.17) is 4.42 Å². The molecule has 0 bridgehead atoms. The van der Waals surface area contributed by atoms with Gasteiger partial charge in [-0.2, -0.15) is 0 Å². The van der Waals surface area contributed by atoms with Crippen LogP contribution in [0.15, 0.2) is 45.8 Å². The van der Waals surface area contributed by atoms with Crippen LogP contribution in [-0.2, 0) is 0 Å². The van der Waals surface area contributed by atoms with Gasteiger partial charge in [0.05, 0.1) is 10.9 Å². The van der Waals surface area contributed by atoms with Crippen LogP contribution in [0.25, 0.3) is 22.1 Å². The monoisotopic (exact) mass is 286 g/mol. The van der Waals surface area contributed by atoms with E-state index in [9.17, 15) is 25.2 Å². The molecular formula is C15H10O6. The molecule has 0 radical (unpaired) electrons. The topological polar surface area (TPSA) is 111 Å². The van der Waals surface area contributed by atoms with Gasteiger partial charge in [0.15, 0.2) is 11.3 Å². The molecule has 21 heavy (non-hydrogen) atoms. The van der Waals surface area contributed by atoms with Crippen molar-refractivity contribution in [1.82, 2.24) is 0 Å². The molecule has 0 unspecified atom stereocenters. The summed E-state index contributed by atoms with van der Waals surface area (Å²) >= 11 is 0. The maximum Gasteiger partial charge on any atom is 0.205 e. The van der Waals surface area contributed by atoms with Crippen molar-refractivity contribution in [2.24, 2.45) is 0 Å². The van der Waals surface area contributed by atoms with Crippen molar-refractivity contribution in [3.05, 3.63) is 46.8 Å². The van der Waals surface area contributed by atoms with Gasteiger partial charge < -0.3 is 24.8 Å². The van der Waals surface area contributed by atoms with E-state index >= 15 is 0 Å². The van der Waals surface area contributed by atoms with Gasteiger partial charge in [0.25, 0.3) is 0 Å². The Morgan fingerprint density at radius 3 is 2.24 bits per heavy atom. The Bertz CT molecular complexity index is 893. The molecule has 1 aromatic heterocycles. The molecule has 3 rings (SSSR count). The van der Waals surface area contributed by atoms with Crippen molar-refractivity contribution >= 4 is 11.0 Å². The van der Waals surface area contributed by atoms with Crippen molar-refractivity contribution in [2.75, 3.05) is 0 Å². The molecule has 2 aromatic carbocycles. The van der Waals surface area contributed by atoms with Crippen molar-refractivity contribution in [2.45, 2.75) is 0 Å². The van der Waals surface area contributed by atoms with Gasteiger partial charge in [-0.1, -0.05) is 12.1 Å². The summed E-state index contributed by atoms with van der Waals surface area (Å²) in [6.45, 7) is 0. The first kappa shape index (κ1) is 12.9. The van der Waals surface area contributed by atoms with Crippen LogP contribution in [0.1, 0.15) is 0 Å². The number of fused-ring (bicyclic) bond motifs is 1. The van der Waals surface area contributed by atoms with Crippen LogP contribution < -0.4 is 5.43 Å². The molecule has 106 valence electrons. The van der Waals surface area contributed by atoms with Gasteiger partial charge in [-0.05, 0) is 23.8 Å². The lowest BCUT2D eigenvalue weighted by atomic mass is 10.0. The van der Waals surface area contributed by atoms with Crippen LogP contribution in [-0.4, -0.2) is 20.4 Å². The normalized spacial score (nSPS) is 10.9. The maximum atomic E-state index is 12.4. The number of benzene rings is 2. The highest BCUT2D eigenvalue weighted by Gasteiger charge is 2.17.